The fraction of sp³-hybridized carbons (Fsp3) is 0.650. The molecule has 1 aromatic rings. The number of halogens is 2. The highest BCUT2D eigenvalue weighted by atomic mass is 19.2. The summed E-state index contributed by atoms with van der Waals surface area (Å²) in [5, 5.41) is 0. The van der Waals surface area contributed by atoms with Crippen molar-refractivity contribution in [2.24, 2.45) is 17.3 Å². The molecule has 0 amide bonds. The van der Waals surface area contributed by atoms with Gasteiger partial charge in [0.15, 0.2) is 11.6 Å². The van der Waals surface area contributed by atoms with Gasteiger partial charge in [-0.25, -0.2) is 8.78 Å². The second kappa shape index (κ2) is 5.82. The molecule has 0 saturated heterocycles. The summed E-state index contributed by atoms with van der Waals surface area (Å²) in [5.74, 6) is 0.440. The summed E-state index contributed by atoms with van der Waals surface area (Å²) < 4.78 is 32.6. The van der Waals surface area contributed by atoms with Gasteiger partial charge in [0.1, 0.15) is 11.5 Å². The van der Waals surface area contributed by atoms with E-state index >= 15 is 0 Å². The molecule has 0 N–H and O–H groups in total. The predicted octanol–water partition coefficient (Wildman–Crippen LogP) is 5.01. The van der Waals surface area contributed by atoms with E-state index in [-0.39, 0.29) is 11.3 Å². The monoisotopic (exact) mass is 334 g/mol. The lowest BCUT2D eigenvalue weighted by atomic mass is 9.76. The molecule has 2 aliphatic carbocycles. The standard InChI is InChI=1S/C20H24F2O2/c1-12(23)20-5-2-3-15(20)8-13(11-20)7-14-4-6-24-19-10-18(22)17(21)9-16(14)19/h9-10,13-15H,2-8,11H2,1H3/t13-,14?,15?,20?/m1/s1. The Morgan fingerprint density at radius 3 is 2.83 bits per heavy atom. The Morgan fingerprint density at radius 2 is 2.08 bits per heavy atom. The Labute approximate surface area is 141 Å². The molecule has 2 fully saturated rings. The van der Waals surface area contributed by atoms with Gasteiger partial charge in [-0.2, -0.15) is 0 Å². The van der Waals surface area contributed by atoms with Gasteiger partial charge in [-0.1, -0.05) is 6.42 Å². The summed E-state index contributed by atoms with van der Waals surface area (Å²) in [6, 6.07) is 2.49. The van der Waals surface area contributed by atoms with Crippen LogP contribution >= 0.6 is 0 Å². The van der Waals surface area contributed by atoms with Gasteiger partial charge in [0.2, 0.25) is 0 Å². The van der Waals surface area contributed by atoms with E-state index in [1.54, 1.807) is 6.92 Å². The zero-order chi connectivity index (χ0) is 16.9. The highest BCUT2D eigenvalue weighted by molar-refractivity contribution is 5.83. The Kier molecular flexibility index (Phi) is 3.89. The van der Waals surface area contributed by atoms with Crippen molar-refractivity contribution in [3.63, 3.8) is 0 Å². The molecule has 0 spiro atoms. The van der Waals surface area contributed by atoms with Gasteiger partial charge in [-0.05, 0) is 69.3 Å². The molecule has 4 rings (SSSR count). The van der Waals surface area contributed by atoms with Crippen LogP contribution < -0.4 is 4.74 Å². The molecular formula is C20H24F2O2. The van der Waals surface area contributed by atoms with Crippen LogP contribution in [0.1, 0.15) is 63.4 Å². The largest absolute Gasteiger partial charge is 0.493 e. The molecule has 1 aromatic carbocycles. The molecule has 130 valence electrons. The first kappa shape index (κ1) is 16.0. The summed E-state index contributed by atoms with van der Waals surface area (Å²) in [7, 11) is 0. The van der Waals surface area contributed by atoms with Crippen LogP contribution in [-0.2, 0) is 4.79 Å². The van der Waals surface area contributed by atoms with Crippen molar-refractivity contribution in [2.45, 2.75) is 57.8 Å². The van der Waals surface area contributed by atoms with E-state index in [4.69, 9.17) is 4.74 Å². The highest BCUT2D eigenvalue weighted by Crippen LogP contribution is 2.58. The van der Waals surface area contributed by atoms with Crippen LogP contribution in [0.25, 0.3) is 0 Å². The first-order valence-electron chi connectivity index (χ1n) is 9.12. The predicted molar refractivity (Wildman–Crippen MR) is 87.0 cm³/mol. The molecule has 2 nitrogen and oxygen atoms in total. The molecule has 4 atom stereocenters. The van der Waals surface area contributed by atoms with Crippen LogP contribution in [0.4, 0.5) is 8.78 Å². The number of fused-ring (bicyclic) bond motifs is 2. The highest BCUT2D eigenvalue weighted by Gasteiger charge is 2.53. The number of rotatable bonds is 3. The number of hydrogen-bond donors (Lipinski definition) is 0. The molecule has 0 bridgehead atoms. The fourth-order valence-corrected chi connectivity index (χ4v) is 5.65. The lowest BCUT2D eigenvalue weighted by molar-refractivity contribution is -0.127. The average Bonchev–Trinajstić information content (AvgIpc) is 3.07. The minimum absolute atomic E-state index is 0.0906. The van der Waals surface area contributed by atoms with Crippen molar-refractivity contribution in [3.05, 3.63) is 29.3 Å². The number of benzene rings is 1. The minimum Gasteiger partial charge on any atom is -0.493 e. The third-order valence-corrected chi connectivity index (χ3v) is 6.76. The van der Waals surface area contributed by atoms with Crippen molar-refractivity contribution in [1.29, 1.82) is 0 Å². The minimum atomic E-state index is -0.847. The summed E-state index contributed by atoms with van der Waals surface area (Å²) in [5.41, 5.74) is 0.710. The first-order valence-corrected chi connectivity index (χ1v) is 9.12. The van der Waals surface area contributed by atoms with E-state index in [9.17, 15) is 13.6 Å². The smallest absolute Gasteiger partial charge is 0.162 e. The molecule has 4 heteroatoms. The average molecular weight is 334 g/mol. The van der Waals surface area contributed by atoms with E-state index in [1.807, 2.05) is 0 Å². The number of carbonyl (C=O) groups is 1. The quantitative estimate of drug-likeness (QED) is 0.777. The van der Waals surface area contributed by atoms with Gasteiger partial charge in [0, 0.05) is 17.0 Å². The number of ether oxygens (including phenoxy) is 1. The lowest BCUT2D eigenvalue weighted by Crippen LogP contribution is -2.28. The SMILES string of the molecule is CC(=O)C12CCCC1C[C@@H](CC1CCOc3cc(F)c(F)cc31)C2. The summed E-state index contributed by atoms with van der Waals surface area (Å²) in [6.07, 6.45) is 7.24. The fourth-order valence-electron chi connectivity index (χ4n) is 5.65. The van der Waals surface area contributed by atoms with E-state index in [1.165, 1.54) is 25.0 Å². The van der Waals surface area contributed by atoms with Gasteiger partial charge in [-0.15, -0.1) is 0 Å². The first-order chi connectivity index (χ1) is 11.5. The second-order valence-corrected chi connectivity index (χ2v) is 7.98. The molecule has 24 heavy (non-hydrogen) atoms. The Morgan fingerprint density at radius 1 is 1.29 bits per heavy atom. The maximum atomic E-state index is 13.7. The topological polar surface area (TPSA) is 26.3 Å². The van der Waals surface area contributed by atoms with Gasteiger partial charge < -0.3 is 4.74 Å². The Balaban J connectivity index is 1.54. The third-order valence-electron chi connectivity index (χ3n) is 6.76. The zero-order valence-corrected chi connectivity index (χ0v) is 14.1. The van der Waals surface area contributed by atoms with Crippen LogP contribution in [0.3, 0.4) is 0 Å². The van der Waals surface area contributed by atoms with Gasteiger partial charge >= 0.3 is 0 Å². The van der Waals surface area contributed by atoms with E-state index in [0.29, 0.717) is 30.0 Å². The molecule has 1 heterocycles. The van der Waals surface area contributed by atoms with Gasteiger partial charge in [0.05, 0.1) is 6.61 Å². The third kappa shape index (κ3) is 2.46. The van der Waals surface area contributed by atoms with Crippen LogP contribution in [0.2, 0.25) is 0 Å². The van der Waals surface area contributed by atoms with Crippen LogP contribution in [0.15, 0.2) is 12.1 Å². The maximum absolute atomic E-state index is 13.7. The molecule has 3 aliphatic rings. The molecule has 0 radical (unpaired) electrons. The van der Waals surface area contributed by atoms with Crippen LogP contribution in [0, 0.1) is 28.9 Å². The van der Waals surface area contributed by atoms with Crippen LogP contribution in [-0.4, -0.2) is 12.4 Å². The maximum Gasteiger partial charge on any atom is 0.162 e. The molecule has 1 aliphatic heterocycles. The lowest BCUT2D eigenvalue weighted by Gasteiger charge is -2.29. The number of carbonyl (C=O) groups excluding carboxylic acids is 1. The van der Waals surface area contributed by atoms with Crippen molar-refractivity contribution < 1.29 is 18.3 Å². The van der Waals surface area contributed by atoms with E-state index in [0.717, 1.165) is 37.7 Å². The van der Waals surface area contributed by atoms with E-state index < -0.39 is 11.6 Å². The molecule has 0 aromatic heterocycles. The summed E-state index contributed by atoms with van der Waals surface area (Å²) in [4.78, 5) is 12.3. The van der Waals surface area contributed by atoms with Gasteiger partial charge in [0.25, 0.3) is 0 Å². The van der Waals surface area contributed by atoms with Gasteiger partial charge in [-0.3, -0.25) is 4.79 Å². The number of hydrogen-bond acceptors (Lipinski definition) is 2. The zero-order valence-electron chi connectivity index (χ0n) is 14.1. The molecule has 2 saturated carbocycles. The van der Waals surface area contributed by atoms with Crippen LogP contribution in [0.5, 0.6) is 5.75 Å². The number of Topliss-reactive ketones (excluding diaryl/α,β-unsaturated/α-hetero) is 1. The molecule has 3 unspecified atom stereocenters. The number of ketones is 1. The molecular weight excluding hydrogens is 310 g/mol. The van der Waals surface area contributed by atoms with E-state index in [2.05, 4.69) is 0 Å². The Hall–Kier alpha value is -1.45. The second-order valence-electron chi connectivity index (χ2n) is 7.98. The Bertz CT molecular complexity index is 672. The van der Waals surface area contributed by atoms with Crippen molar-refractivity contribution in [3.8, 4) is 5.75 Å². The summed E-state index contributed by atoms with van der Waals surface area (Å²) >= 11 is 0. The summed E-state index contributed by atoms with van der Waals surface area (Å²) in [6.45, 7) is 2.30. The normalized spacial score (nSPS) is 34.5. The van der Waals surface area contributed by atoms with Crippen molar-refractivity contribution in [2.75, 3.05) is 6.61 Å². The van der Waals surface area contributed by atoms with Crippen molar-refractivity contribution >= 4 is 5.78 Å². The van der Waals surface area contributed by atoms with Crippen molar-refractivity contribution in [1.82, 2.24) is 0 Å².